The van der Waals surface area contributed by atoms with Gasteiger partial charge < -0.3 is 10.2 Å². The number of aryl methyl sites for hydroxylation is 1. The zero-order valence-electron chi connectivity index (χ0n) is 8.19. The van der Waals surface area contributed by atoms with Crippen molar-refractivity contribution >= 4 is 21.9 Å². The molecule has 1 atom stereocenters. The van der Waals surface area contributed by atoms with Gasteiger partial charge >= 0.3 is 5.97 Å². The summed E-state index contributed by atoms with van der Waals surface area (Å²) in [6.07, 6.45) is 0.185. The van der Waals surface area contributed by atoms with Gasteiger partial charge in [-0.2, -0.15) is 0 Å². The molecule has 0 aliphatic heterocycles. The molecule has 0 spiro atoms. The van der Waals surface area contributed by atoms with Gasteiger partial charge in [-0.1, -0.05) is 34.1 Å². The summed E-state index contributed by atoms with van der Waals surface area (Å²) in [7, 11) is 0. The highest BCUT2D eigenvalue weighted by molar-refractivity contribution is 9.10. The average molecular weight is 273 g/mol. The first kappa shape index (κ1) is 12.2. The van der Waals surface area contributed by atoms with Crippen LogP contribution in [0.2, 0.25) is 0 Å². The standard InChI is InChI=1S/C11H13BrO3/c12-10-4-2-1-3-8(10)5-6-9(13)7-11(14)15/h1-4,9,13H,5-7H2,(H,14,15). The zero-order valence-corrected chi connectivity index (χ0v) is 9.77. The van der Waals surface area contributed by atoms with E-state index in [1.54, 1.807) is 0 Å². The van der Waals surface area contributed by atoms with Crippen LogP contribution in [-0.2, 0) is 11.2 Å². The van der Waals surface area contributed by atoms with Crippen molar-refractivity contribution in [3.8, 4) is 0 Å². The SMILES string of the molecule is O=C(O)CC(O)CCc1ccccc1Br. The molecule has 0 aliphatic rings. The highest BCUT2D eigenvalue weighted by atomic mass is 79.9. The molecule has 0 aliphatic carbocycles. The van der Waals surface area contributed by atoms with Crippen LogP contribution < -0.4 is 0 Å². The Morgan fingerprint density at radius 3 is 2.67 bits per heavy atom. The second kappa shape index (κ2) is 5.88. The fourth-order valence-electron chi connectivity index (χ4n) is 1.33. The number of hydrogen-bond acceptors (Lipinski definition) is 2. The number of aliphatic carboxylic acids is 1. The minimum Gasteiger partial charge on any atom is -0.481 e. The molecule has 2 N–H and O–H groups in total. The topological polar surface area (TPSA) is 57.5 Å². The number of halogens is 1. The molecule has 0 fully saturated rings. The lowest BCUT2D eigenvalue weighted by molar-refractivity contribution is -0.139. The van der Waals surface area contributed by atoms with Crippen LogP contribution in [0.5, 0.6) is 0 Å². The molecule has 3 nitrogen and oxygen atoms in total. The molecule has 4 heteroatoms. The molecular weight excluding hydrogens is 260 g/mol. The van der Waals surface area contributed by atoms with E-state index in [4.69, 9.17) is 5.11 Å². The van der Waals surface area contributed by atoms with E-state index in [0.717, 1.165) is 10.0 Å². The highest BCUT2D eigenvalue weighted by Crippen LogP contribution is 2.18. The second-order valence-corrected chi connectivity index (χ2v) is 4.24. The maximum absolute atomic E-state index is 10.3. The molecular formula is C11H13BrO3. The number of hydrogen-bond donors (Lipinski definition) is 2. The van der Waals surface area contributed by atoms with Gasteiger partial charge in [0.25, 0.3) is 0 Å². The molecule has 15 heavy (non-hydrogen) atoms. The number of rotatable bonds is 5. The highest BCUT2D eigenvalue weighted by Gasteiger charge is 2.10. The number of benzene rings is 1. The molecule has 1 rings (SSSR count). The molecule has 1 unspecified atom stereocenters. The third-order valence-corrected chi connectivity index (χ3v) is 2.89. The van der Waals surface area contributed by atoms with E-state index in [1.165, 1.54) is 0 Å². The molecule has 0 bridgehead atoms. The van der Waals surface area contributed by atoms with Gasteiger partial charge in [0.15, 0.2) is 0 Å². The largest absolute Gasteiger partial charge is 0.481 e. The summed E-state index contributed by atoms with van der Waals surface area (Å²) >= 11 is 3.40. The van der Waals surface area contributed by atoms with Crippen LogP contribution in [0.3, 0.4) is 0 Å². The van der Waals surface area contributed by atoms with Gasteiger partial charge in [-0.05, 0) is 24.5 Å². The predicted octanol–water partition coefficient (Wildman–Crippen LogP) is 2.22. The average Bonchev–Trinajstić information content (AvgIpc) is 2.15. The van der Waals surface area contributed by atoms with Crippen LogP contribution in [0.25, 0.3) is 0 Å². The van der Waals surface area contributed by atoms with Crippen molar-refractivity contribution in [2.75, 3.05) is 0 Å². The van der Waals surface area contributed by atoms with Crippen LogP contribution >= 0.6 is 15.9 Å². The normalized spacial score (nSPS) is 12.4. The predicted molar refractivity (Wildman–Crippen MR) is 60.7 cm³/mol. The maximum atomic E-state index is 10.3. The van der Waals surface area contributed by atoms with Crippen LogP contribution in [0.15, 0.2) is 28.7 Å². The van der Waals surface area contributed by atoms with Gasteiger partial charge in [-0.25, -0.2) is 0 Å². The smallest absolute Gasteiger partial charge is 0.305 e. The number of aliphatic hydroxyl groups excluding tert-OH is 1. The second-order valence-electron chi connectivity index (χ2n) is 3.38. The minimum atomic E-state index is -0.963. The van der Waals surface area contributed by atoms with Gasteiger partial charge in [0.1, 0.15) is 0 Å². The number of aliphatic hydroxyl groups is 1. The lowest BCUT2D eigenvalue weighted by Crippen LogP contribution is -2.13. The van der Waals surface area contributed by atoms with E-state index >= 15 is 0 Å². The summed E-state index contributed by atoms with van der Waals surface area (Å²) in [6, 6.07) is 7.72. The fraction of sp³-hybridized carbons (Fsp3) is 0.364. The van der Waals surface area contributed by atoms with Crippen LogP contribution in [0, 0.1) is 0 Å². The Bertz CT molecular complexity index is 338. The number of carbonyl (C=O) groups is 1. The summed E-state index contributed by atoms with van der Waals surface area (Å²) in [5, 5.41) is 17.8. The van der Waals surface area contributed by atoms with Crippen molar-refractivity contribution in [2.45, 2.75) is 25.4 Å². The van der Waals surface area contributed by atoms with E-state index in [-0.39, 0.29) is 6.42 Å². The number of carboxylic acid groups (broad SMARTS) is 1. The molecule has 1 aromatic rings. The molecule has 0 saturated heterocycles. The summed E-state index contributed by atoms with van der Waals surface area (Å²) in [5.74, 6) is -0.963. The first-order valence-corrected chi connectivity index (χ1v) is 5.52. The first-order chi connectivity index (χ1) is 7.09. The quantitative estimate of drug-likeness (QED) is 0.864. The maximum Gasteiger partial charge on any atom is 0.305 e. The van der Waals surface area contributed by atoms with Crippen LogP contribution in [0.4, 0.5) is 0 Å². The van der Waals surface area contributed by atoms with Crippen molar-refractivity contribution in [3.63, 3.8) is 0 Å². The van der Waals surface area contributed by atoms with Crippen LogP contribution in [-0.4, -0.2) is 22.3 Å². The Balaban J connectivity index is 2.43. The van der Waals surface area contributed by atoms with Crippen LogP contribution in [0.1, 0.15) is 18.4 Å². The lowest BCUT2D eigenvalue weighted by atomic mass is 10.1. The van der Waals surface area contributed by atoms with E-state index in [9.17, 15) is 9.90 Å². The fourth-order valence-corrected chi connectivity index (χ4v) is 1.81. The van der Waals surface area contributed by atoms with E-state index in [0.29, 0.717) is 12.8 Å². The first-order valence-electron chi connectivity index (χ1n) is 4.73. The lowest BCUT2D eigenvalue weighted by Gasteiger charge is -2.08. The third kappa shape index (κ3) is 4.44. The van der Waals surface area contributed by atoms with Gasteiger partial charge in [0.05, 0.1) is 12.5 Å². The Morgan fingerprint density at radius 2 is 2.07 bits per heavy atom. The summed E-state index contributed by atoms with van der Waals surface area (Å²) in [6.45, 7) is 0. The van der Waals surface area contributed by atoms with Crippen molar-refractivity contribution in [1.29, 1.82) is 0 Å². The van der Waals surface area contributed by atoms with Gasteiger partial charge in [0.2, 0.25) is 0 Å². The van der Waals surface area contributed by atoms with E-state index < -0.39 is 12.1 Å². The van der Waals surface area contributed by atoms with Gasteiger partial charge in [-0.3, -0.25) is 4.79 Å². The number of carboxylic acids is 1. The monoisotopic (exact) mass is 272 g/mol. The Labute approximate surface area is 96.9 Å². The molecule has 82 valence electrons. The molecule has 1 aromatic carbocycles. The van der Waals surface area contributed by atoms with E-state index in [2.05, 4.69) is 15.9 Å². The van der Waals surface area contributed by atoms with Crippen molar-refractivity contribution in [2.24, 2.45) is 0 Å². The Morgan fingerprint density at radius 1 is 1.40 bits per heavy atom. The summed E-state index contributed by atoms with van der Waals surface area (Å²) in [5.41, 5.74) is 1.09. The van der Waals surface area contributed by atoms with Crippen molar-refractivity contribution in [1.82, 2.24) is 0 Å². The summed E-state index contributed by atoms with van der Waals surface area (Å²) in [4.78, 5) is 10.3. The Hall–Kier alpha value is -0.870. The molecule has 0 amide bonds. The van der Waals surface area contributed by atoms with Crippen molar-refractivity contribution in [3.05, 3.63) is 34.3 Å². The molecule has 0 heterocycles. The summed E-state index contributed by atoms with van der Waals surface area (Å²) < 4.78 is 0.993. The third-order valence-electron chi connectivity index (χ3n) is 2.11. The van der Waals surface area contributed by atoms with E-state index in [1.807, 2.05) is 24.3 Å². The molecule has 0 aromatic heterocycles. The molecule has 0 radical (unpaired) electrons. The van der Waals surface area contributed by atoms with Gasteiger partial charge in [-0.15, -0.1) is 0 Å². The van der Waals surface area contributed by atoms with Crippen molar-refractivity contribution < 1.29 is 15.0 Å². The molecule has 0 saturated carbocycles. The minimum absolute atomic E-state index is 0.190. The Kier molecular flexibility index (Phi) is 4.78. The zero-order chi connectivity index (χ0) is 11.3. The van der Waals surface area contributed by atoms with Gasteiger partial charge in [0, 0.05) is 4.47 Å².